The van der Waals surface area contributed by atoms with E-state index in [1.54, 1.807) is 0 Å². The topological polar surface area (TPSA) is 60.9 Å². The minimum absolute atomic E-state index is 0.153. The summed E-state index contributed by atoms with van der Waals surface area (Å²) in [5, 5.41) is 11.7. The van der Waals surface area contributed by atoms with Crippen molar-refractivity contribution in [2.45, 2.75) is 6.54 Å². The molecule has 0 aliphatic carbocycles. The van der Waals surface area contributed by atoms with Gasteiger partial charge in [0.05, 0.1) is 24.2 Å². The summed E-state index contributed by atoms with van der Waals surface area (Å²) in [5.41, 5.74) is 2.03. The van der Waals surface area contributed by atoms with E-state index in [4.69, 9.17) is 5.11 Å². The molecule has 0 aliphatic rings. The number of nitrogens with zero attached hydrogens (tertiary/aromatic N) is 1. The molecule has 1 aromatic heterocycles. The van der Waals surface area contributed by atoms with Crippen molar-refractivity contribution in [1.29, 1.82) is 0 Å². The molecule has 0 fully saturated rings. The van der Waals surface area contributed by atoms with Gasteiger partial charge in [-0.15, -0.1) is 0 Å². The van der Waals surface area contributed by atoms with E-state index in [2.05, 4.69) is 15.3 Å². The summed E-state index contributed by atoms with van der Waals surface area (Å²) in [6.07, 6.45) is 0. The fourth-order valence-corrected chi connectivity index (χ4v) is 1.38. The molecule has 0 atom stereocenters. The Hall–Kier alpha value is -1.39. The minimum Gasteiger partial charge on any atom is -0.395 e. The summed E-state index contributed by atoms with van der Waals surface area (Å²) < 4.78 is 0. The predicted octanol–water partition coefficient (Wildman–Crippen LogP) is 0.645. The zero-order valence-corrected chi connectivity index (χ0v) is 7.83. The highest BCUT2D eigenvalue weighted by atomic mass is 16.3. The molecule has 0 bridgehead atoms. The first-order valence-corrected chi connectivity index (χ1v) is 4.65. The number of hydrogen-bond acceptors (Lipinski definition) is 3. The number of aliphatic hydroxyl groups excluding tert-OH is 1. The number of nitrogens with one attached hydrogen (secondary N) is 2. The van der Waals surface area contributed by atoms with Gasteiger partial charge >= 0.3 is 0 Å². The highest BCUT2D eigenvalue weighted by Gasteiger charge is 1.99. The molecule has 0 saturated carbocycles. The largest absolute Gasteiger partial charge is 0.395 e. The molecule has 4 heteroatoms. The highest BCUT2D eigenvalue weighted by molar-refractivity contribution is 5.74. The number of fused-ring (bicyclic) bond motifs is 1. The van der Waals surface area contributed by atoms with Crippen molar-refractivity contribution in [3.05, 3.63) is 30.1 Å². The molecule has 3 N–H and O–H groups in total. The van der Waals surface area contributed by atoms with E-state index in [-0.39, 0.29) is 6.61 Å². The van der Waals surface area contributed by atoms with Crippen LogP contribution in [0.1, 0.15) is 5.82 Å². The van der Waals surface area contributed by atoms with Crippen LogP contribution in [-0.2, 0) is 6.54 Å². The third-order valence-corrected chi connectivity index (χ3v) is 2.02. The second-order valence-corrected chi connectivity index (χ2v) is 3.10. The summed E-state index contributed by atoms with van der Waals surface area (Å²) in [6, 6.07) is 7.92. The summed E-state index contributed by atoms with van der Waals surface area (Å²) in [4.78, 5) is 7.58. The Morgan fingerprint density at radius 2 is 2.21 bits per heavy atom. The lowest BCUT2D eigenvalue weighted by Crippen LogP contribution is -2.18. The van der Waals surface area contributed by atoms with Crippen LogP contribution in [0.5, 0.6) is 0 Å². The van der Waals surface area contributed by atoms with Crippen LogP contribution in [0.25, 0.3) is 11.0 Å². The highest BCUT2D eigenvalue weighted by Crippen LogP contribution is 2.09. The van der Waals surface area contributed by atoms with Crippen LogP contribution in [-0.4, -0.2) is 28.2 Å². The third kappa shape index (κ3) is 1.92. The Morgan fingerprint density at radius 3 is 3.00 bits per heavy atom. The van der Waals surface area contributed by atoms with Crippen LogP contribution < -0.4 is 5.32 Å². The van der Waals surface area contributed by atoms with E-state index in [1.165, 1.54) is 0 Å². The summed E-state index contributed by atoms with van der Waals surface area (Å²) in [6.45, 7) is 1.41. The van der Waals surface area contributed by atoms with Gasteiger partial charge in [0, 0.05) is 6.54 Å². The summed E-state index contributed by atoms with van der Waals surface area (Å²) >= 11 is 0. The molecule has 1 heterocycles. The van der Waals surface area contributed by atoms with Crippen molar-refractivity contribution >= 4 is 11.0 Å². The monoisotopic (exact) mass is 191 g/mol. The van der Waals surface area contributed by atoms with Gasteiger partial charge in [-0.3, -0.25) is 0 Å². The molecular formula is C10H13N3O. The second kappa shape index (κ2) is 4.21. The van der Waals surface area contributed by atoms with Crippen LogP contribution in [0.3, 0.4) is 0 Å². The summed E-state index contributed by atoms with van der Waals surface area (Å²) in [5.74, 6) is 0.902. The predicted molar refractivity (Wildman–Crippen MR) is 54.9 cm³/mol. The number of H-pyrrole nitrogens is 1. The fourth-order valence-electron chi connectivity index (χ4n) is 1.38. The Balaban J connectivity index is 2.11. The van der Waals surface area contributed by atoms with Gasteiger partial charge in [0.2, 0.25) is 0 Å². The number of imidazole rings is 1. The average molecular weight is 191 g/mol. The van der Waals surface area contributed by atoms with E-state index in [9.17, 15) is 0 Å². The van der Waals surface area contributed by atoms with Gasteiger partial charge in [0.15, 0.2) is 0 Å². The van der Waals surface area contributed by atoms with Crippen molar-refractivity contribution in [3.63, 3.8) is 0 Å². The standard InChI is InChI=1S/C10H13N3O/c14-6-5-11-7-10-12-8-3-1-2-4-9(8)13-10/h1-4,11,14H,5-7H2,(H,12,13). The number of para-hydroxylation sites is 2. The van der Waals surface area contributed by atoms with Gasteiger partial charge in [-0.25, -0.2) is 4.98 Å². The number of aromatic amines is 1. The van der Waals surface area contributed by atoms with Gasteiger partial charge in [-0.05, 0) is 12.1 Å². The van der Waals surface area contributed by atoms with E-state index >= 15 is 0 Å². The first kappa shape index (κ1) is 9.18. The SMILES string of the molecule is OCCNCc1nc2ccccc2[nH]1. The van der Waals surface area contributed by atoms with Gasteiger partial charge in [-0.2, -0.15) is 0 Å². The molecule has 0 aliphatic heterocycles. The normalized spacial score (nSPS) is 10.9. The molecule has 74 valence electrons. The molecule has 14 heavy (non-hydrogen) atoms. The Kier molecular flexibility index (Phi) is 2.76. The van der Waals surface area contributed by atoms with Crippen LogP contribution in [0, 0.1) is 0 Å². The maximum atomic E-state index is 8.59. The molecule has 4 nitrogen and oxygen atoms in total. The zero-order chi connectivity index (χ0) is 9.80. The maximum absolute atomic E-state index is 8.59. The number of rotatable bonds is 4. The average Bonchev–Trinajstić information content (AvgIpc) is 2.60. The van der Waals surface area contributed by atoms with Crippen molar-refractivity contribution in [1.82, 2.24) is 15.3 Å². The van der Waals surface area contributed by atoms with Crippen LogP contribution in [0.15, 0.2) is 24.3 Å². The number of benzene rings is 1. The molecule has 0 unspecified atom stereocenters. The van der Waals surface area contributed by atoms with E-state index in [0.717, 1.165) is 16.9 Å². The Bertz CT molecular complexity index is 377. The zero-order valence-electron chi connectivity index (χ0n) is 7.83. The molecular weight excluding hydrogens is 178 g/mol. The molecule has 2 rings (SSSR count). The van der Waals surface area contributed by atoms with Crippen molar-refractivity contribution < 1.29 is 5.11 Å². The van der Waals surface area contributed by atoms with Gasteiger partial charge < -0.3 is 15.4 Å². The van der Waals surface area contributed by atoms with E-state index < -0.39 is 0 Å². The Morgan fingerprint density at radius 1 is 1.36 bits per heavy atom. The van der Waals surface area contributed by atoms with Crippen molar-refractivity contribution in [2.75, 3.05) is 13.2 Å². The number of aromatic nitrogens is 2. The second-order valence-electron chi connectivity index (χ2n) is 3.10. The van der Waals surface area contributed by atoms with Crippen LogP contribution in [0.2, 0.25) is 0 Å². The first-order valence-electron chi connectivity index (χ1n) is 4.65. The molecule has 0 amide bonds. The molecule has 2 aromatic rings. The number of aliphatic hydroxyl groups is 1. The maximum Gasteiger partial charge on any atom is 0.121 e. The van der Waals surface area contributed by atoms with Gasteiger partial charge in [-0.1, -0.05) is 12.1 Å². The van der Waals surface area contributed by atoms with E-state index in [0.29, 0.717) is 13.1 Å². The molecule has 0 spiro atoms. The van der Waals surface area contributed by atoms with Crippen LogP contribution >= 0.6 is 0 Å². The lowest BCUT2D eigenvalue weighted by Gasteiger charge is -1.97. The lowest BCUT2D eigenvalue weighted by atomic mass is 10.3. The minimum atomic E-state index is 0.153. The van der Waals surface area contributed by atoms with Crippen molar-refractivity contribution in [2.24, 2.45) is 0 Å². The van der Waals surface area contributed by atoms with Gasteiger partial charge in [0.25, 0.3) is 0 Å². The molecule has 0 radical (unpaired) electrons. The Labute approximate surface area is 82.0 Å². The molecule has 0 saturated heterocycles. The van der Waals surface area contributed by atoms with Crippen molar-refractivity contribution in [3.8, 4) is 0 Å². The smallest absolute Gasteiger partial charge is 0.121 e. The first-order chi connectivity index (χ1) is 6.90. The fraction of sp³-hybridized carbons (Fsp3) is 0.300. The van der Waals surface area contributed by atoms with E-state index in [1.807, 2.05) is 24.3 Å². The van der Waals surface area contributed by atoms with Crippen LogP contribution in [0.4, 0.5) is 0 Å². The molecule has 1 aromatic carbocycles. The summed E-state index contributed by atoms with van der Waals surface area (Å²) in [7, 11) is 0. The third-order valence-electron chi connectivity index (χ3n) is 2.02. The lowest BCUT2D eigenvalue weighted by molar-refractivity contribution is 0.291. The number of hydrogen-bond donors (Lipinski definition) is 3. The van der Waals surface area contributed by atoms with Gasteiger partial charge in [0.1, 0.15) is 5.82 Å². The quantitative estimate of drug-likeness (QED) is 0.622.